The molecule has 0 aliphatic carbocycles. The number of amides is 1. The molecule has 8 heteroatoms. The van der Waals surface area contributed by atoms with E-state index in [1.807, 2.05) is 19.1 Å². The van der Waals surface area contributed by atoms with E-state index < -0.39 is 17.7 Å². The monoisotopic (exact) mass is 496 g/mol. The Labute approximate surface area is 193 Å². The van der Waals surface area contributed by atoms with Crippen LogP contribution in [0.3, 0.4) is 0 Å². The molecule has 1 aromatic heterocycles. The number of ether oxygens (including phenoxy) is 1. The van der Waals surface area contributed by atoms with E-state index in [9.17, 15) is 14.7 Å². The van der Waals surface area contributed by atoms with Gasteiger partial charge in [-0.25, -0.2) is 0 Å². The van der Waals surface area contributed by atoms with Gasteiger partial charge >= 0.3 is 5.91 Å². The number of benzene rings is 2. The minimum atomic E-state index is -0.858. The van der Waals surface area contributed by atoms with Crippen LogP contribution in [0.2, 0.25) is 0 Å². The molecule has 0 bridgehead atoms. The molecule has 0 spiro atoms. The highest BCUT2D eigenvalue weighted by atomic mass is 79.9. The Hall–Kier alpha value is -3.39. The van der Waals surface area contributed by atoms with Crippen molar-refractivity contribution in [1.29, 1.82) is 0 Å². The maximum atomic E-state index is 13.1. The molecule has 1 saturated heterocycles. The van der Waals surface area contributed by atoms with E-state index in [2.05, 4.69) is 21.1 Å². The van der Waals surface area contributed by atoms with Crippen molar-refractivity contribution in [3.63, 3.8) is 0 Å². The number of carbonyl (C=O) groups excluding carboxylic acids is 2. The zero-order chi connectivity index (χ0) is 22.8. The second kappa shape index (κ2) is 9.00. The summed E-state index contributed by atoms with van der Waals surface area (Å²) in [4.78, 5) is 27.3. The minimum absolute atomic E-state index is 0.0137. The van der Waals surface area contributed by atoms with Crippen molar-refractivity contribution in [3.05, 3.63) is 81.5 Å². The van der Waals surface area contributed by atoms with Gasteiger partial charge in [-0.05, 0) is 55.3 Å². The first-order valence-electron chi connectivity index (χ1n) is 10.1. The van der Waals surface area contributed by atoms with Gasteiger partial charge in [0.25, 0.3) is 5.78 Å². The number of nitrogens with zero attached hydrogens (tertiary/aromatic N) is 2. The lowest BCUT2D eigenvalue weighted by atomic mass is 9.95. The van der Waals surface area contributed by atoms with Gasteiger partial charge in [0.1, 0.15) is 17.3 Å². The Kier molecular flexibility index (Phi) is 6.14. The highest BCUT2D eigenvalue weighted by Crippen LogP contribution is 2.42. The number of hydrogen-bond acceptors (Lipinski definition) is 6. The molecule has 1 aliphatic heterocycles. The molecule has 164 valence electrons. The molecular weight excluding hydrogens is 476 g/mol. The molecule has 0 unspecified atom stereocenters. The molecular formula is C24H21BrN2O5. The van der Waals surface area contributed by atoms with E-state index in [1.165, 1.54) is 4.90 Å². The molecule has 0 radical (unpaired) electrons. The molecule has 0 saturated carbocycles. The Morgan fingerprint density at radius 3 is 2.44 bits per heavy atom. The highest BCUT2D eigenvalue weighted by Gasteiger charge is 2.48. The van der Waals surface area contributed by atoms with Gasteiger partial charge in [-0.15, -0.1) is 0 Å². The van der Waals surface area contributed by atoms with Crippen LogP contribution < -0.4 is 9.64 Å². The normalized spacial score (nSPS) is 17.7. The molecule has 1 atom stereocenters. The lowest BCUT2D eigenvalue weighted by Crippen LogP contribution is -2.29. The number of aryl methyl sites for hydroxylation is 1. The number of halogens is 1. The van der Waals surface area contributed by atoms with Crippen LogP contribution in [0.5, 0.6) is 5.75 Å². The summed E-state index contributed by atoms with van der Waals surface area (Å²) in [6, 6.07) is 14.7. The average Bonchev–Trinajstić information content (AvgIpc) is 3.33. The number of anilines is 1. The Bertz CT molecular complexity index is 1180. The van der Waals surface area contributed by atoms with Gasteiger partial charge in [0.05, 0.1) is 18.2 Å². The summed E-state index contributed by atoms with van der Waals surface area (Å²) >= 11 is 3.40. The number of aliphatic hydroxyl groups excluding tert-OH is 1. The van der Waals surface area contributed by atoms with Gasteiger partial charge in [-0.3, -0.25) is 14.5 Å². The maximum absolute atomic E-state index is 13.1. The molecule has 4 rings (SSSR count). The first kappa shape index (κ1) is 21.8. The van der Waals surface area contributed by atoms with Crippen molar-refractivity contribution in [2.45, 2.75) is 26.3 Å². The van der Waals surface area contributed by atoms with E-state index in [-0.39, 0.29) is 17.2 Å². The summed E-state index contributed by atoms with van der Waals surface area (Å²) in [6.45, 7) is 4.29. The molecule has 32 heavy (non-hydrogen) atoms. The third kappa shape index (κ3) is 4.05. The van der Waals surface area contributed by atoms with Gasteiger partial charge < -0.3 is 14.4 Å². The Morgan fingerprint density at radius 1 is 1.16 bits per heavy atom. The summed E-state index contributed by atoms with van der Waals surface area (Å²) in [5.41, 5.74) is 1.04. The van der Waals surface area contributed by atoms with Crippen molar-refractivity contribution in [3.8, 4) is 5.75 Å². The van der Waals surface area contributed by atoms with Gasteiger partial charge in [0.15, 0.2) is 5.82 Å². The van der Waals surface area contributed by atoms with Crippen molar-refractivity contribution < 1.29 is 24.0 Å². The van der Waals surface area contributed by atoms with Crippen LogP contribution in [0.1, 0.15) is 36.3 Å². The highest BCUT2D eigenvalue weighted by molar-refractivity contribution is 9.10. The summed E-state index contributed by atoms with van der Waals surface area (Å²) < 4.78 is 11.6. The third-order valence-electron chi connectivity index (χ3n) is 5.09. The Balaban J connectivity index is 1.83. The molecule has 1 aliphatic rings. The predicted octanol–water partition coefficient (Wildman–Crippen LogP) is 5.16. The molecule has 2 heterocycles. The van der Waals surface area contributed by atoms with Crippen molar-refractivity contribution in [1.82, 2.24) is 5.16 Å². The fourth-order valence-corrected chi connectivity index (χ4v) is 3.84. The fraction of sp³-hybridized carbons (Fsp3) is 0.208. The molecule has 2 aromatic carbocycles. The molecule has 1 N–H and O–H groups in total. The predicted molar refractivity (Wildman–Crippen MR) is 122 cm³/mol. The van der Waals surface area contributed by atoms with Crippen LogP contribution in [0.25, 0.3) is 5.76 Å². The third-order valence-corrected chi connectivity index (χ3v) is 5.62. The summed E-state index contributed by atoms with van der Waals surface area (Å²) in [6.07, 6.45) is 0.875. The fourth-order valence-electron chi connectivity index (χ4n) is 3.58. The van der Waals surface area contributed by atoms with Crippen LogP contribution in [0.15, 0.2) is 69.2 Å². The number of carbonyl (C=O) groups is 2. The second-order valence-electron chi connectivity index (χ2n) is 7.39. The number of rotatable bonds is 6. The summed E-state index contributed by atoms with van der Waals surface area (Å²) in [7, 11) is 0. The zero-order valence-electron chi connectivity index (χ0n) is 17.5. The number of aromatic nitrogens is 1. The van der Waals surface area contributed by atoms with Gasteiger partial charge in [-0.1, -0.05) is 40.1 Å². The number of aliphatic hydroxyl groups is 1. The van der Waals surface area contributed by atoms with Gasteiger partial charge in [0.2, 0.25) is 0 Å². The molecule has 7 nitrogen and oxygen atoms in total. The smallest absolute Gasteiger partial charge is 0.301 e. The quantitative estimate of drug-likeness (QED) is 0.287. The lowest BCUT2D eigenvalue weighted by Gasteiger charge is -2.23. The minimum Gasteiger partial charge on any atom is -0.507 e. The maximum Gasteiger partial charge on any atom is 0.301 e. The molecule has 3 aromatic rings. The SMILES string of the molecule is CCCOc1ccc(C(O)=C2C(=O)C(=O)N(c3cc(C)on3)[C@H]2c2ccc(Br)cc2)cc1. The lowest BCUT2D eigenvalue weighted by molar-refractivity contribution is -0.132. The molecule has 1 amide bonds. The van der Waals surface area contributed by atoms with Crippen LogP contribution in [-0.4, -0.2) is 28.6 Å². The van der Waals surface area contributed by atoms with E-state index in [4.69, 9.17) is 9.26 Å². The van der Waals surface area contributed by atoms with E-state index in [0.717, 1.165) is 10.9 Å². The van der Waals surface area contributed by atoms with Crippen LogP contribution in [0, 0.1) is 6.92 Å². The average molecular weight is 497 g/mol. The van der Waals surface area contributed by atoms with Crippen molar-refractivity contribution in [2.24, 2.45) is 0 Å². The van der Waals surface area contributed by atoms with Gasteiger partial charge in [-0.2, -0.15) is 0 Å². The van der Waals surface area contributed by atoms with E-state index in [0.29, 0.717) is 29.2 Å². The largest absolute Gasteiger partial charge is 0.507 e. The van der Waals surface area contributed by atoms with E-state index in [1.54, 1.807) is 49.4 Å². The first-order valence-corrected chi connectivity index (χ1v) is 10.9. The molecule has 1 fully saturated rings. The van der Waals surface area contributed by atoms with Gasteiger partial charge in [0, 0.05) is 16.1 Å². The standard InChI is InChI=1S/C24H21BrN2O5/c1-3-12-31-18-10-6-16(7-11-18)22(28)20-21(15-4-8-17(25)9-5-15)27(24(30)23(20)29)19-13-14(2)32-26-19/h4-11,13,21,28H,3,12H2,1-2H3/t21-/m0/s1. The van der Waals surface area contributed by atoms with Crippen molar-refractivity contribution >= 4 is 39.2 Å². The van der Waals surface area contributed by atoms with E-state index >= 15 is 0 Å². The number of hydrogen-bond donors (Lipinski definition) is 1. The summed E-state index contributed by atoms with van der Waals surface area (Å²) in [5.74, 6) is -0.468. The zero-order valence-corrected chi connectivity index (χ0v) is 19.1. The van der Waals surface area contributed by atoms with Crippen LogP contribution in [0.4, 0.5) is 5.82 Å². The number of Topliss-reactive ketones (excluding diaryl/α,β-unsaturated/α-hetero) is 1. The van der Waals surface area contributed by atoms with Crippen LogP contribution in [-0.2, 0) is 9.59 Å². The van der Waals surface area contributed by atoms with Crippen molar-refractivity contribution in [2.75, 3.05) is 11.5 Å². The van der Waals surface area contributed by atoms with Crippen LogP contribution >= 0.6 is 15.9 Å². The first-order chi connectivity index (χ1) is 15.4. The number of ketones is 1. The second-order valence-corrected chi connectivity index (χ2v) is 8.30. The topological polar surface area (TPSA) is 92.9 Å². The summed E-state index contributed by atoms with van der Waals surface area (Å²) in [5, 5.41) is 15.0. The Morgan fingerprint density at radius 2 is 1.84 bits per heavy atom.